The van der Waals surface area contributed by atoms with Gasteiger partial charge in [-0.05, 0) is 93.8 Å². The Bertz CT molecular complexity index is 1820. The molecule has 7 rings (SSSR count). The molecule has 1 aliphatic carbocycles. The van der Waals surface area contributed by atoms with Crippen molar-refractivity contribution in [3.05, 3.63) is 89.5 Å². The second-order valence-corrected chi connectivity index (χ2v) is 14.5. The molecule has 1 saturated carbocycles. The van der Waals surface area contributed by atoms with E-state index in [9.17, 15) is 14.0 Å². The van der Waals surface area contributed by atoms with E-state index in [2.05, 4.69) is 69.0 Å². The molecule has 4 aromatic rings. The number of pyridine rings is 1. The minimum Gasteiger partial charge on any atom is -0.478 e. The molecule has 0 unspecified atom stereocenters. The zero-order valence-electron chi connectivity index (χ0n) is 29.9. The summed E-state index contributed by atoms with van der Waals surface area (Å²) in [6.45, 7) is 9.14. The molecule has 0 bridgehead atoms. The van der Waals surface area contributed by atoms with Gasteiger partial charge in [0.25, 0.3) is 11.8 Å². The number of benzene rings is 2. The fourth-order valence-electron chi connectivity index (χ4n) is 7.60. The maximum atomic E-state index is 14.4. The van der Waals surface area contributed by atoms with Crippen LogP contribution in [-0.2, 0) is 13.0 Å². The zero-order valence-corrected chi connectivity index (χ0v) is 29.9. The molecule has 2 fully saturated rings. The molecule has 12 heteroatoms. The van der Waals surface area contributed by atoms with Gasteiger partial charge in [0.15, 0.2) is 5.69 Å². The number of hydrogen-bond donors (Lipinski definition) is 3. The zero-order chi connectivity index (χ0) is 36.0. The molecular weight excluding hydrogens is 661 g/mol. The number of aryl methyl sites for hydroxylation is 2. The molecule has 2 aromatic heterocycles. The minimum absolute atomic E-state index is 0.0286. The smallest absolute Gasteiger partial charge is 0.272 e. The number of nitrogens with one attached hydrogen (secondary N) is 3. The number of rotatable bonds is 11. The number of amides is 2. The van der Waals surface area contributed by atoms with Crippen LogP contribution in [0.3, 0.4) is 0 Å². The van der Waals surface area contributed by atoms with Crippen molar-refractivity contribution in [2.45, 2.75) is 89.5 Å². The van der Waals surface area contributed by atoms with Crippen molar-refractivity contribution in [2.75, 3.05) is 26.2 Å². The molecule has 3 aliphatic rings. The summed E-state index contributed by atoms with van der Waals surface area (Å²) in [5.41, 5.74) is 3.69. The number of nitrogens with zero attached hydrogens (tertiary/aromatic N) is 4. The number of fused-ring (bicyclic) bond motifs is 1. The third-order valence-corrected chi connectivity index (χ3v) is 10.1. The monoisotopic (exact) mass is 709 g/mol. The van der Waals surface area contributed by atoms with Crippen molar-refractivity contribution in [3.8, 4) is 28.6 Å². The van der Waals surface area contributed by atoms with E-state index in [-0.39, 0.29) is 29.4 Å². The predicted octanol–water partition coefficient (Wildman–Crippen LogP) is 5.74. The molecule has 2 aromatic carbocycles. The fraction of sp³-hybridized carbons (Fsp3) is 0.450. The maximum Gasteiger partial charge on any atom is 0.272 e. The van der Waals surface area contributed by atoms with E-state index in [4.69, 9.17) is 9.47 Å². The van der Waals surface area contributed by atoms with Gasteiger partial charge >= 0.3 is 0 Å². The quantitative estimate of drug-likeness (QED) is 0.180. The van der Waals surface area contributed by atoms with E-state index in [0.29, 0.717) is 61.7 Å². The van der Waals surface area contributed by atoms with E-state index < -0.39 is 11.7 Å². The number of hydrogen-bond acceptors (Lipinski definition) is 8. The number of carbonyl (C=O) groups excluding carboxylic acids is 2. The Morgan fingerprint density at radius 2 is 1.67 bits per heavy atom. The van der Waals surface area contributed by atoms with Gasteiger partial charge in [0, 0.05) is 56.3 Å². The summed E-state index contributed by atoms with van der Waals surface area (Å²) in [6, 6.07) is 19.9. The number of ether oxygens (including phenoxy) is 2. The van der Waals surface area contributed by atoms with Gasteiger partial charge in [-0.3, -0.25) is 9.59 Å². The highest BCUT2D eigenvalue weighted by Gasteiger charge is 2.27. The Hall–Kier alpha value is -4.81. The van der Waals surface area contributed by atoms with Gasteiger partial charge in [0.2, 0.25) is 11.8 Å². The molecule has 2 atom stereocenters. The molecule has 4 heterocycles. The number of carbonyl (C=O) groups is 2. The topological polar surface area (TPSA) is 123 Å². The second kappa shape index (κ2) is 16.2. The molecule has 2 amide bonds. The molecular formula is C40H48FN7O4. The largest absolute Gasteiger partial charge is 0.478 e. The van der Waals surface area contributed by atoms with Crippen molar-refractivity contribution in [3.63, 3.8) is 0 Å². The second-order valence-electron chi connectivity index (χ2n) is 14.5. The van der Waals surface area contributed by atoms with Crippen LogP contribution in [0.2, 0.25) is 0 Å². The van der Waals surface area contributed by atoms with Crippen molar-refractivity contribution < 1.29 is 23.5 Å². The summed E-state index contributed by atoms with van der Waals surface area (Å²) in [6.07, 6.45) is 6.76. The first kappa shape index (κ1) is 35.6. The number of aromatic nitrogens is 3. The number of halogens is 1. The molecule has 274 valence electrons. The van der Waals surface area contributed by atoms with E-state index >= 15 is 0 Å². The lowest BCUT2D eigenvalue weighted by Gasteiger charge is -2.36. The van der Waals surface area contributed by atoms with Gasteiger partial charge < -0.3 is 30.3 Å². The van der Waals surface area contributed by atoms with Crippen LogP contribution in [0.5, 0.6) is 17.5 Å². The standard InChI is InChI=1S/C40H48FN7O4/c1-26-24-47(25-27(2)43-26)17-4-6-28-9-11-29(12-10-28)30-7-3-8-34(20-30)52-40-35(21-31(41)23-42-40)38(49)44-32-13-15-33(16-14-32)45-39(50)36-22-37-48(46-36)18-5-19-51-37/h3,7-12,20-23,26-27,32-33,43H,4-6,13-19,24-25H2,1-2H3,(H,44,49)(H,45,50)/t26-,27+,32-,33+. The summed E-state index contributed by atoms with van der Waals surface area (Å²) >= 11 is 0. The normalized spacial score (nSPS) is 21.8. The van der Waals surface area contributed by atoms with Gasteiger partial charge in [-0.2, -0.15) is 5.10 Å². The highest BCUT2D eigenvalue weighted by molar-refractivity contribution is 5.96. The average molecular weight is 710 g/mol. The van der Waals surface area contributed by atoms with Gasteiger partial charge in [0.1, 0.15) is 17.1 Å². The fourth-order valence-corrected chi connectivity index (χ4v) is 7.60. The highest BCUT2D eigenvalue weighted by Crippen LogP contribution is 2.30. The van der Waals surface area contributed by atoms with Crippen LogP contribution in [0.4, 0.5) is 4.39 Å². The van der Waals surface area contributed by atoms with Gasteiger partial charge in [0.05, 0.1) is 12.8 Å². The summed E-state index contributed by atoms with van der Waals surface area (Å²) in [5, 5.41) is 14.1. The van der Waals surface area contributed by atoms with Crippen LogP contribution >= 0.6 is 0 Å². The van der Waals surface area contributed by atoms with Gasteiger partial charge in [-0.15, -0.1) is 0 Å². The van der Waals surface area contributed by atoms with E-state index in [1.807, 2.05) is 18.2 Å². The Labute approximate surface area is 304 Å². The summed E-state index contributed by atoms with van der Waals surface area (Å²) in [7, 11) is 0. The maximum absolute atomic E-state index is 14.4. The molecule has 3 N–H and O–H groups in total. The highest BCUT2D eigenvalue weighted by atomic mass is 19.1. The number of piperazine rings is 1. The van der Waals surface area contributed by atoms with Gasteiger partial charge in [-0.1, -0.05) is 36.4 Å². The van der Waals surface area contributed by atoms with Crippen molar-refractivity contribution in [1.82, 2.24) is 35.6 Å². The third kappa shape index (κ3) is 8.97. The average Bonchev–Trinajstić information content (AvgIpc) is 3.58. The molecule has 1 saturated heterocycles. The predicted molar refractivity (Wildman–Crippen MR) is 196 cm³/mol. The summed E-state index contributed by atoms with van der Waals surface area (Å²) < 4.78 is 27.8. The summed E-state index contributed by atoms with van der Waals surface area (Å²) in [4.78, 5) is 33.0. The van der Waals surface area contributed by atoms with E-state index in [0.717, 1.165) is 68.8 Å². The molecule has 52 heavy (non-hydrogen) atoms. The first-order chi connectivity index (χ1) is 25.3. The molecule has 11 nitrogen and oxygen atoms in total. The van der Waals surface area contributed by atoms with Crippen LogP contribution in [0, 0.1) is 5.82 Å². The SMILES string of the molecule is C[C@@H]1CN(CCCc2ccc(-c3cccc(Oc4ncc(F)cc4C(=O)N[C@H]4CC[C@@H](NC(=O)c5cc6n(n5)CCCO6)CC4)c3)cc2)C[C@H](C)N1. The Kier molecular flexibility index (Phi) is 11.1. The third-order valence-electron chi connectivity index (χ3n) is 10.1. The molecule has 0 spiro atoms. The first-order valence-electron chi connectivity index (χ1n) is 18.6. The van der Waals surface area contributed by atoms with Crippen molar-refractivity contribution in [2.24, 2.45) is 0 Å². The van der Waals surface area contributed by atoms with Crippen molar-refractivity contribution in [1.29, 1.82) is 0 Å². The molecule has 2 aliphatic heterocycles. The Balaban J connectivity index is 0.916. The van der Waals surface area contributed by atoms with Crippen LogP contribution in [-0.4, -0.2) is 81.9 Å². The molecule has 0 radical (unpaired) electrons. The lowest BCUT2D eigenvalue weighted by molar-refractivity contribution is 0.0887. The van der Waals surface area contributed by atoms with E-state index in [1.54, 1.807) is 16.8 Å². The Morgan fingerprint density at radius 3 is 2.40 bits per heavy atom. The van der Waals surface area contributed by atoms with Gasteiger partial charge in [-0.25, -0.2) is 14.1 Å². The van der Waals surface area contributed by atoms with Crippen LogP contribution in [0.1, 0.15) is 78.8 Å². The van der Waals surface area contributed by atoms with Crippen molar-refractivity contribution >= 4 is 11.8 Å². The van der Waals surface area contributed by atoms with E-state index in [1.165, 1.54) is 5.56 Å². The summed E-state index contributed by atoms with van der Waals surface area (Å²) in [5.74, 6) is -0.157. The Morgan fingerprint density at radius 1 is 0.942 bits per heavy atom. The van der Waals surface area contributed by atoms with Crippen LogP contribution in [0.15, 0.2) is 66.9 Å². The first-order valence-corrected chi connectivity index (χ1v) is 18.6. The van der Waals surface area contributed by atoms with Crippen LogP contribution in [0.25, 0.3) is 11.1 Å². The minimum atomic E-state index is -0.624. The van der Waals surface area contributed by atoms with Crippen LogP contribution < -0.4 is 25.4 Å². The lowest BCUT2D eigenvalue weighted by Crippen LogP contribution is -2.54. The lowest BCUT2D eigenvalue weighted by atomic mass is 9.91.